The van der Waals surface area contributed by atoms with Crippen molar-refractivity contribution in [1.29, 1.82) is 0 Å². The average Bonchev–Trinajstić information content (AvgIpc) is 3.53. The Kier molecular flexibility index (Phi) is 35.5. The minimum absolute atomic E-state index is 0.00518. The second kappa shape index (κ2) is 40.3. The van der Waals surface area contributed by atoms with Crippen molar-refractivity contribution in [2.45, 2.75) is 199 Å². The van der Waals surface area contributed by atoms with E-state index in [4.69, 9.17) is 22.9 Å². The number of hydrogen-bond acceptors (Lipinski definition) is 17. The first-order valence-corrected chi connectivity index (χ1v) is 30.3. The molecule has 0 spiro atoms. The summed E-state index contributed by atoms with van der Waals surface area (Å²) in [5.41, 5.74) is 24.5. The Labute approximate surface area is 496 Å². The third kappa shape index (κ3) is 27.3. The van der Waals surface area contributed by atoms with Crippen LogP contribution in [-0.4, -0.2) is 156 Å². The smallest absolute Gasteiger partial charge is 0.243 e. The first-order valence-electron chi connectivity index (χ1n) is 30.3. The molecule has 0 bridgehead atoms. The van der Waals surface area contributed by atoms with Crippen LogP contribution < -0.4 is 60.2 Å². The molecule has 0 saturated carbocycles. The van der Waals surface area contributed by atoms with Gasteiger partial charge in [-0.3, -0.25) is 52.7 Å². The molecule has 1 heterocycles. The lowest BCUT2D eigenvalue weighted by Crippen LogP contribution is -2.55. The van der Waals surface area contributed by atoms with E-state index in [-0.39, 0.29) is 121 Å². The second-order valence-corrected chi connectivity index (χ2v) is 23.3. The van der Waals surface area contributed by atoms with Gasteiger partial charge in [-0.05, 0) is 108 Å². The van der Waals surface area contributed by atoms with Gasteiger partial charge in [0.15, 0.2) is 17.3 Å². The van der Waals surface area contributed by atoms with Crippen LogP contribution in [0.3, 0.4) is 0 Å². The quantitative estimate of drug-likeness (QED) is 0.0441. The maximum atomic E-state index is 14.6. The molecule has 24 heteroatoms. The van der Waals surface area contributed by atoms with Crippen molar-refractivity contribution >= 4 is 64.5 Å². The molecule has 7 amide bonds. The van der Waals surface area contributed by atoms with E-state index < -0.39 is 144 Å². The first-order chi connectivity index (χ1) is 39.9. The Morgan fingerprint density at radius 3 is 1.69 bits per heavy atom. The molecule has 1 saturated heterocycles. The lowest BCUT2D eigenvalue weighted by atomic mass is 9.89. The van der Waals surface area contributed by atoms with Gasteiger partial charge in [-0.25, -0.2) is 0 Å². The number of unbranched alkanes of at least 4 members (excludes halogenated alkanes) is 4. The summed E-state index contributed by atoms with van der Waals surface area (Å²) < 4.78 is 0. The Morgan fingerprint density at radius 2 is 1.15 bits per heavy atom. The third-order valence-corrected chi connectivity index (χ3v) is 14.9. The number of amides is 7. The highest BCUT2D eigenvalue weighted by Crippen LogP contribution is 2.21. The zero-order valence-electron chi connectivity index (χ0n) is 50.6. The van der Waals surface area contributed by atoms with E-state index in [0.29, 0.717) is 12.0 Å². The number of hydrogen-bond donors (Lipinski definition) is 13. The number of nitrogens with two attached hydrogens (primary N) is 4. The molecule has 1 aromatic rings. The summed E-state index contributed by atoms with van der Waals surface area (Å²) in [6, 6.07) is 0.815. The third-order valence-electron chi connectivity index (χ3n) is 14.9. The summed E-state index contributed by atoms with van der Waals surface area (Å²) in [7, 11) is 0. The number of Topliss-reactive ketones (excluding diaryl/α,β-unsaturated/α-hetero) is 4. The SMILES string of the molecule is CCCCCCCC(=O)C[C@@H](CO)C(=O)N[C@H](C(=O)C[C@@H](CCN)C(=O)N[C@H]1CCNC(=O)[C@H](CC(C)C)NC(=O)[C@H](CCN)CC(=O)[C@H](CCN)NC(=O)[C@H](CC(C)C)NC(=O)[C@@H](Cc2ccccc2)CC(=O)[C@H](CCN)NC1=O)[C@@H](C)O. The molecular weight excluding hydrogens is 1080 g/mol. The van der Waals surface area contributed by atoms with E-state index in [0.717, 1.165) is 25.7 Å². The Bertz CT molecular complexity index is 2270. The topological polar surface area (TPSA) is 417 Å². The Hall–Kier alpha value is -6.05. The van der Waals surface area contributed by atoms with Crippen LogP contribution in [0.15, 0.2) is 30.3 Å². The van der Waals surface area contributed by atoms with Gasteiger partial charge in [0.1, 0.15) is 30.0 Å². The van der Waals surface area contributed by atoms with Crippen LogP contribution in [-0.2, 0) is 59.2 Å². The van der Waals surface area contributed by atoms with E-state index in [1.54, 1.807) is 30.3 Å². The minimum Gasteiger partial charge on any atom is -0.396 e. The van der Waals surface area contributed by atoms with Crippen LogP contribution in [0.25, 0.3) is 0 Å². The van der Waals surface area contributed by atoms with E-state index in [1.165, 1.54) is 6.92 Å². The molecule has 0 aromatic heterocycles. The molecule has 1 fully saturated rings. The predicted molar refractivity (Wildman–Crippen MR) is 318 cm³/mol. The molecule has 474 valence electrons. The minimum atomic E-state index is -1.59. The number of carbonyl (C=O) groups is 11. The van der Waals surface area contributed by atoms with E-state index >= 15 is 0 Å². The van der Waals surface area contributed by atoms with Crippen molar-refractivity contribution in [3.63, 3.8) is 0 Å². The molecule has 11 atom stereocenters. The van der Waals surface area contributed by atoms with Crippen molar-refractivity contribution in [1.82, 2.24) is 37.2 Å². The van der Waals surface area contributed by atoms with Crippen LogP contribution in [0.2, 0.25) is 0 Å². The maximum absolute atomic E-state index is 14.6. The zero-order valence-corrected chi connectivity index (χ0v) is 50.6. The first kappa shape index (κ1) is 74.1. The fourth-order valence-corrected chi connectivity index (χ4v) is 10.1. The van der Waals surface area contributed by atoms with Crippen molar-refractivity contribution in [3.8, 4) is 0 Å². The van der Waals surface area contributed by atoms with Gasteiger partial charge in [-0.2, -0.15) is 0 Å². The molecule has 1 aliphatic heterocycles. The van der Waals surface area contributed by atoms with Gasteiger partial charge in [-0.1, -0.05) is 90.6 Å². The van der Waals surface area contributed by atoms with E-state index in [1.807, 2.05) is 27.7 Å². The van der Waals surface area contributed by atoms with Crippen LogP contribution >= 0.6 is 0 Å². The number of ketones is 4. The summed E-state index contributed by atoms with van der Waals surface area (Å²) in [5, 5.41) is 39.7. The second-order valence-electron chi connectivity index (χ2n) is 23.3. The number of carbonyl (C=O) groups excluding carboxylic acids is 11. The van der Waals surface area contributed by atoms with Crippen molar-refractivity contribution < 1.29 is 63.0 Å². The van der Waals surface area contributed by atoms with Crippen LogP contribution in [0.1, 0.15) is 156 Å². The molecule has 24 nitrogen and oxygen atoms in total. The van der Waals surface area contributed by atoms with Crippen LogP contribution in [0.4, 0.5) is 0 Å². The molecular formula is C60H101N11O13. The monoisotopic (exact) mass is 1180 g/mol. The van der Waals surface area contributed by atoms with E-state index in [2.05, 4.69) is 44.1 Å². The summed E-state index contributed by atoms with van der Waals surface area (Å²) in [4.78, 5) is 155. The number of rotatable bonds is 31. The summed E-state index contributed by atoms with van der Waals surface area (Å²) >= 11 is 0. The molecule has 2 rings (SSSR count). The lowest BCUT2D eigenvalue weighted by molar-refractivity contribution is -0.137. The highest BCUT2D eigenvalue weighted by Gasteiger charge is 2.37. The average molecular weight is 1180 g/mol. The molecule has 0 unspecified atom stereocenters. The van der Waals surface area contributed by atoms with E-state index in [9.17, 15) is 63.0 Å². The van der Waals surface area contributed by atoms with Gasteiger partial charge in [0.25, 0.3) is 0 Å². The van der Waals surface area contributed by atoms with Gasteiger partial charge < -0.3 is 70.4 Å². The van der Waals surface area contributed by atoms with Crippen molar-refractivity contribution in [2.75, 3.05) is 39.3 Å². The maximum Gasteiger partial charge on any atom is 0.243 e. The lowest BCUT2D eigenvalue weighted by Gasteiger charge is -2.28. The zero-order chi connectivity index (χ0) is 62.9. The molecule has 0 aliphatic carbocycles. The molecule has 1 aromatic carbocycles. The fourth-order valence-electron chi connectivity index (χ4n) is 10.1. The standard InChI is InChI=1S/C60H101N11O13/c1-7-8-9-10-14-17-44(74)31-43(35-72)57(81)71-53(38(6)73)52(77)33-41(19-24-62)54(78)68-47-22-27-65-58(82)48(28-36(2)3)69-55(79)40(18-23-61)32-50(75)45(20-25-63)67-60(84)49(29-37(4)5)70-56(80)42(30-39-15-12-11-13-16-39)34-51(76)46(21-26-64)66-59(47)83/h11-13,15-16,36-38,40-43,45-49,53,72-73H,7-10,14,17-35,61-64H2,1-6H3,(H,65,82)(H,66,83)(H,67,84)(H,68,78)(H,69,79)(H,70,80)(H,71,81)/t38-,40-,41-,42+,43+,45+,46+,47+,48+,49+,53+/m1/s1. The highest BCUT2D eigenvalue weighted by atomic mass is 16.3. The van der Waals surface area contributed by atoms with Gasteiger partial charge in [0.2, 0.25) is 41.4 Å². The normalized spacial score (nSPS) is 22.6. The van der Waals surface area contributed by atoms with Gasteiger partial charge in [0.05, 0.1) is 30.7 Å². The predicted octanol–water partition coefficient (Wildman–Crippen LogP) is 0.180. The number of benzene rings is 1. The summed E-state index contributed by atoms with van der Waals surface area (Å²) in [6.07, 6.45) is 1.16. The Morgan fingerprint density at radius 1 is 0.619 bits per heavy atom. The molecule has 1 aliphatic rings. The number of nitrogens with one attached hydrogen (secondary N) is 7. The molecule has 17 N–H and O–H groups in total. The van der Waals surface area contributed by atoms with Gasteiger partial charge >= 0.3 is 0 Å². The van der Waals surface area contributed by atoms with Gasteiger partial charge in [0, 0.05) is 56.4 Å². The van der Waals surface area contributed by atoms with Gasteiger partial charge in [-0.15, -0.1) is 0 Å². The fraction of sp³-hybridized carbons (Fsp3) is 0.717. The van der Waals surface area contributed by atoms with Crippen LogP contribution in [0, 0.1) is 35.5 Å². The molecule has 0 radical (unpaired) electrons. The largest absolute Gasteiger partial charge is 0.396 e. The molecule has 84 heavy (non-hydrogen) atoms. The summed E-state index contributed by atoms with van der Waals surface area (Å²) in [5.74, 6) is -12.5. The highest BCUT2D eigenvalue weighted by molar-refractivity contribution is 5.99. The Balaban J connectivity index is 2.69. The van der Waals surface area contributed by atoms with Crippen LogP contribution in [0.5, 0.6) is 0 Å². The summed E-state index contributed by atoms with van der Waals surface area (Å²) in [6.45, 7) is 9.33. The number of aliphatic hydroxyl groups excluding tert-OH is 2. The number of aliphatic hydroxyl groups is 2. The van der Waals surface area contributed by atoms with Crippen molar-refractivity contribution in [3.05, 3.63) is 35.9 Å². The van der Waals surface area contributed by atoms with Crippen molar-refractivity contribution in [2.24, 2.45) is 58.4 Å².